The summed E-state index contributed by atoms with van der Waals surface area (Å²) in [4.78, 5) is 23.7. The number of likely N-dealkylation sites (tertiary alicyclic amines) is 1. The first-order valence-electron chi connectivity index (χ1n) is 4.28. The fourth-order valence-corrected chi connectivity index (χ4v) is 1.27. The van der Waals surface area contributed by atoms with E-state index in [4.69, 9.17) is 0 Å². The van der Waals surface area contributed by atoms with E-state index < -0.39 is 0 Å². The summed E-state index contributed by atoms with van der Waals surface area (Å²) in [7, 11) is 0. The number of Topliss-reactive ketones (excluding diaryl/α,β-unsaturated/α-hetero) is 1. The van der Waals surface area contributed by atoms with Crippen molar-refractivity contribution < 1.29 is 9.59 Å². The van der Waals surface area contributed by atoms with Gasteiger partial charge in [0.25, 0.3) is 0 Å². The lowest BCUT2D eigenvalue weighted by Gasteiger charge is -2.25. The average Bonchev–Trinajstić information content (AvgIpc) is 2.05. The lowest BCUT2D eigenvalue weighted by Crippen LogP contribution is -2.45. The molecule has 1 aliphatic heterocycles. The van der Waals surface area contributed by atoms with Gasteiger partial charge in [0.1, 0.15) is 0 Å². The van der Waals surface area contributed by atoms with E-state index in [2.05, 4.69) is 5.32 Å². The van der Waals surface area contributed by atoms with Crippen LogP contribution in [0.1, 0.15) is 19.8 Å². The van der Waals surface area contributed by atoms with Gasteiger partial charge in [0.15, 0.2) is 5.78 Å². The number of ketones is 1. The number of hydrogen-bond acceptors (Lipinski definition) is 2. The molecule has 68 valence electrons. The van der Waals surface area contributed by atoms with Gasteiger partial charge in [0.05, 0.1) is 6.54 Å². The van der Waals surface area contributed by atoms with Gasteiger partial charge in [-0.25, -0.2) is 4.79 Å². The highest BCUT2D eigenvalue weighted by Crippen LogP contribution is 2.05. The Morgan fingerprint density at radius 3 is 3.00 bits per heavy atom. The van der Waals surface area contributed by atoms with E-state index in [0.717, 1.165) is 6.42 Å². The highest BCUT2D eigenvalue weighted by atomic mass is 16.2. The van der Waals surface area contributed by atoms with Gasteiger partial charge in [-0.2, -0.15) is 0 Å². The summed E-state index contributed by atoms with van der Waals surface area (Å²) in [5, 5.41) is 2.67. The maximum Gasteiger partial charge on any atom is 0.317 e. The number of hydrogen-bond donors (Lipinski definition) is 1. The number of nitrogens with one attached hydrogen (secondary N) is 1. The van der Waals surface area contributed by atoms with Crippen LogP contribution in [-0.2, 0) is 4.79 Å². The molecule has 0 aromatic rings. The summed E-state index contributed by atoms with van der Waals surface area (Å²) in [6.45, 7) is 3.47. The van der Waals surface area contributed by atoms with Gasteiger partial charge < -0.3 is 10.2 Å². The van der Waals surface area contributed by atoms with Crippen molar-refractivity contribution in [3.63, 3.8) is 0 Å². The van der Waals surface area contributed by atoms with E-state index in [0.29, 0.717) is 19.5 Å². The van der Waals surface area contributed by atoms with Crippen molar-refractivity contribution in [3.05, 3.63) is 0 Å². The van der Waals surface area contributed by atoms with Crippen molar-refractivity contribution in [3.8, 4) is 0 Å². The Morgan fingerprint density at radius 1 is 1.67 bits per heavy atom. The fraction of sp³-hybridized carbons (Fsp3) is 0.750. The molecule has 1 N–H and O–H groups in total. The Balaban J connectivity index is 2.40. The lowest BCUT2D eigenvalue weighted by atomic mass is 10.1. The first-order chi connectivity index (χ1) is 5.74. The summed E-state index contributed by atoms with van der Waals surface area (Å²) < 4.78 is 0. The van der Waals surface area contributed by atoms with Crippen LogP contribution in [0.4, 0.5) is 4.79 Å². The summed E-state index contributed by atoms with van der Waals surface area (Å²) in [6, 6.07) is -0.120. The topological polar surface area (TPSA) is 49.4 Å². The second kappa shape index (κ2) is 4.09. The number of carbonyl (C=O) groups is 2. The van der Waals surface area contributed by atoms with Crippen molar-refractivity contribution in [2.24, 2.45) is 0 Å². The third-order valence-electron chi connectivity index (χ3n) is 1.87. The molecule has 0 aromatic carbocycles. The second-order valence-electron chi connectivity index (χ2n) is 2.90. The van der Waals surface area contributed by atoms with Crippen molar-refractivity contribution in [2.75, 3.05) is 19.6 Å². The third kappa shape index (κ3) is 2.22. The van der Waals surface area contributed by atoms with E-state index in [1.54, 1.807) is 4.90 Å². The van der Waals surface area contributed by atoms with Crippen LogP contribution in [0.15, 0.2) is 0 Å². The SMILES string of the molecule is CCNC(=O)N1CCCC(=O)C1. The molecular weight excluding hydrogens is 156 g/mol. The minimum atomic E-state index is -0.120. The highest BCUT2D eigenvalue weighted by Gasteiger charge is 2.20. The summed E-state index contributed by atoms with van der Waals surface area (Å²) in [5.41, 5.74) is 0. The van der Waals surface area contributed by atoms with E-state index >= 15 is 0 Å². The van der Waals surface area contributed by atoms with Crippen LogP contribution < -0.4 is 5.32 Å². The minimum Gasteiger partial charge on any atom is -0.338 e. The van der Waals surface area contributed by atoms with E-state index in [1.807, 2.05) is 6.92 Å². The van der Waals surface area contributed by atoms with E-state index in [9.17, 15) is 9.59 Å². The standard InChI is InChI=1S/C8H14N2O2/c1-2-9-8(12)10-5-3-4-7(11)6-10/h2-6H2,1H3,(H,9,12). The number of nitrogens with zero attached hydrogens (tertiary/aromatic N) is 1. The predicted molar refractivity (Wildman–Crippen MR) is 44.9 cm³/mol. The van der Waals surface area contributed by atoms with Crippen molar-refractivity contribution in [1.29, 1.82) is 0 Å². The Morgan fingerprint density at radius 2 is 2.42 bits per heavy atom. The molecule has 0 radical (unpaired) electrons. The maximum absolute atomic E-state index is 11.2. The number of carbonyl (C=O) groups excluding carboxylic acids is 2. The maximum atomic E-state index is 11.2. The first kappa shape index (κ1) is 9.03. The van der Waals surface area contributed by atoms with Gasteiger partial charge >= 0.3 is 6.03 Å². The number of urea groups is 1. The average molecular weight is 170 g/mol. The number of amides is 2. The van der Waals surface area contributed by atoms with Gasteiger partial charge in [-0.1, -0.05) is 0 Å². The van der Waals surface area contributed by atoms with Crippen molar-refractivity contribution in [2.45, 2.75) is 19.8 Å². The van der Waals surface area contributed by atoms with E-state index in [-0.39, 0.29) is 18.4 Å². The minimum absolute atomic E-state index is 0.120. The Labute approximate surface area is 71.9 Å². The molecule has 1 heterocycles. The third-order valence-corrected chi connectivity index (χ3v) is 1.87. The van der Waals surface area contributed by atoms with Gasteiger partial charge in [0.2, 0.25) is 0 Å². The summed E-state index contributed by atoms with van der Waals surface area (Å²) in [5.74, 6) is 0.160. The quantitative estimate of drug-likeness (QED) is 0.618. The van der Waals surface area contributed by atoms with Gasteiger partial charge in [-0.15, -0.1) is 0 Å². The molecule has 12 heavy (non-hydrogen) atoms. The molecule has 0 spiro atoms. The van der Waals surface area contributed by atoms with Gasteiger partial charge in [0, 0.05) is 19.5 Å². The molecular formula is C8H14N2O2. The number of piperidine rings is 1. The van der Waals surface area contributed by atoms with Crippen LogP contribution in [0, 0.1) is 0 Å². The molecule has 0 unspecified atom stereocenters. The van der Waals surface area contributed by atoms with Crippen LogP contribution in [0.25, 0.3) is 0 Å². The molecule has 1 fully saturated rings. The van der Waals surface area contributed by atoms with E-state index in [1.165, 1.54) is 0 Å². The van der Waals surface area contributed by atoms with Gasteiger partial charge in [-0.3, -0.25) is 4.79 Å². The van der Waals surface area contributed by atoms with Crippen LogP contribution >= 0.6 is 0 Å². The molecule has 4 heteroatoms. The number of rotatable bonds is 1. The normalized spacial score (nSPS) is 17.8. The monoisotopic (exact) mass is 170 g/mol. The Bertz CT molecular complexity index is 191. The fourth-order valence-electron chi connectivity index (χ4n) is 1.27. The van der Waals surface area contributed by atoms with Crippen LogP contribution in [-0.4, -0.2) is 36.3 Å². The first-order valence-corrected chi connectivity index (χ1v) is 4.28. The molecule has 0 aromatic heterocycles. The Hall–Kier alpha value is -1.06. The highest BCUT2D eigenvalue weighted by molar-refractivity contribution is 5.86. The van der Waals surface area contributed by atoms with Crippen LogP contribution in [0.3, 0.4) is 0 Å². The van der Waals surface area contributed by atoms with Crippen LogP contribution in [0.2, 0.25) is 0 Å². The molecule has 1 saturated heterocycles. The molecule has 1 rings (SSSR count). The second-order valence-corrected chi connectivity index (χ2v) is 2.90. The molecule has 0 atom stereocenters. The summed E-state index contributed by atoms with van der Waals surface area (Å²) >= 11 is 0. The van der Waals surface area contributed by atoms with Crippen molar-refractivity contribution >= 4 is 11.8 Å². The summed E-state index contributed by atoms with van der Waals surface area (Å²) in [6.07, 6.45) is 1.42. The van der Waals surface area contributed by atoms with Gasteiger partial charge in [-0.05, 0) is 13.3 Å². The van der Waals surface area contributed by atoms with Crippen LogP contribution in [0.5, 0.6) is 0 Å². The van der Waals surface area contributed by atoms with Crippen molar-refractivity contribution in [1.82, 2.24) is 10.2 Å². The molecule has 1 aliphatic rings. The smallest absolute Gasteiger partial charge is 0.317 e. The zero-order chi connectivity index (χ0) is 8.97. The molecule has 0 bridgehead atoms. The zero-order valence-electron chi connectivity index (χ0n) is 7.30. The molecule has 4 nitrogen and oxygen atoms in total. The lowest BCUT2D eigenvalue weighted by molar-refractivity contribution is -0.121. The predicted octanol–water partition coefficient (Wildman–Crippen LogP) is 0.381. The molecule has 0 aliphatic carbocycles. The molecule has 0 saturated carbocycles. The molecule has 2 amide bonds. The largest absolute Gasteiger partial charge is 0.338 e. The zero-order valence-corrected chi connectivity index (χ0v) is 7.30. The Kier molecular flexibility index (Phi) is 3.08.